The third kappa shape index (κ3) is 5.51. The predicted molar refractivity (Wildman–Crippen MR) is 125 cm³/mol. The van der Waals surface area contributed by atoms with Gasteiger partial charge in [-0.2, -0.15) is 0 Å². The Morgan fingerprint density at radius 1 is 1.26 bits per heavy atom. The Hall–Kier alpha value is -3.11. The Bertz CT molecular complexity index is 1250. The van der Waals surface area contributed by atoms with E-state index in [0.29, 0.717) is 23.4 Å². The molecule has 2 heterocycles. The molecule has 34 heavy (non-hydrogen) atoms. The first-order valence-electron chi connectivity index (χ1n) is 10.7. The summed E-state index contributed by atoms with van der Waals surface area (Å²) < 4.78 is 25.1. The molecule has 1 aromatic carbocycles. The first kappa shape index (κ1) is 24.0. The van der Waals surface area contributed by atoms with E-state index in [2.05, 4.69) is 20.0 Å². The maximum atomic E-state index is 12.6. The van der Waals surface area contributed by atoms with Crippen molar-refractivity contribution in [3.05, 3.63) is 60.7 Å². The van der Waals surface area contributed by atoms with E-state index in [4.69, 9.17) is 15.0 Å². The molecule has 3 aromatic rings. The lowest BCUT2D eigenvalue weighted by molar-refractivity contribution is -0.151. The van der Waals surface area contributed by atoms with Gasteiger partial charge in [0, 0.05) is 5.92 Å². The quantitative estimate of drug-likeness (QED) is 0.234. The van der Waals surface area contributed by atoms with Crippen molar-refractivity contribution in [2.24, 2.45) is 5.92 Å². The highest BCUT2D eigenvalue weighted by atomic mass is 31.2. The molecular weight excluding hydrogens is 459 g/mol. The number of carbonyl (C=O) groups excluding carboxylic acids is 1. The number of benzene rings is 1. The summed E-state index contributed by atoms with van der Waals surface area (Å²) in [5.74, 6) is -0.469. The number of hydrogen-bond acceptors (Lipinski definition) is 8. The number of allylic oxidation sites excluding steroid dienone is 1. The van der Waals surface area contributed by atoms with E-state index in [-0.39, 0.29) is 25.2 Å². The smallest absolute Gasteiger partial charge is 0.403 e. The van der Waals surface area contributed by atoms with Crippen LogP contribution in [0.2, 0.25) is 0 Å². The van der Waals surface area contributed by atoms with Crippen LogP contribution in [0.1, 0.15) is 31.9 Å². The lowest BCUT2D eigenvalue weighted by atomic mass is 10.1. The van der Waals surface area contributed by atoms with Gasteiger partial charge in [0.15, 0.2) is 11.5 Å². The number of carbonyl (C=O) groups is 1. The number of esters is 1. The van der Waals surface area contributed by atoms with Gasteiger partial charge in [0.05, 0.1) is 19.0 Å². The molecule has 0 saturated heterocycles. The minimum atomic E-state index is -4.28. The van der Waals surface area contributed by atoms with Crippen LogP contribution in [0.25, 0.3) is 11.2 Å². The number of fused-ring (bicyclic) bond motifs is 1. The second kappa shape index (κ2) is 9.63. The van der Waals surface area contributed by atoms with Crippen molar-refractivity contribution in [3.63, 3.8) is 0 Å². The highest BCUT2D eigenvalue weighted by Gasteiger charge is 2.38. The number of anilines is 1. The maximum Gasteiger partial charge on any atom is 0.403 e. The molecule has 0 aliphatic heterocycles. The Morgan fingerprint density at radius 3 is 2.79 bits per heavy atom. The van der Waals surface area contributed by atoms with E-state index in [0.717, 1.165) is 5.56 Å². The predicted octanol–water partition coefficient (Wildman–Crippen LogP) is 2.75. The zero-order chi connectivity index (χ0) is 24.3. The summed E-state index contributed by atoms with van der Waals surface area (Å²) in [5.41, 5.74) is 6.38. The molecule has 4 N–H and O–H groups in total. The summed E-state index contributed by atoms with van der Waals surface area (Å²) >= 11 is 0. The normalized spacial score (nSPS) is 19.9. The number of aromatic nitrogens is 4. The van der Waals surface area contributed by atoms with E-state index < -0.39 is 19.3 Å². The highest BCUT2D eigenvalue weighted by molar-refractivity contribution is 7.50. The molecule has 0 spiro atoms. The molecule has 1 aliphatic carbocycles. The van der Waals surface area contributed by atoms with Gasteiger partial charge in [0.1, 0.15) is 24.0 Å². The number of hydrogen-bond donors (Lipinski definition) is 3. The van der Waals surface area contributed by atoms with E-state index in [1.807, 2.05) is 47.1 Å². The second-order valence-corrected chi connectivity index (χ2v) is 10.2. The number of nitrogens with one attached hydrogen (secondary N) is 1. The average molecular weight is 486 g/mol. The molecule has 1 unspecified atom stereocenters. The largest absolute Gasteiger partial charge is 0.459 e. The van der Waals surface area contributed by atoms with Crippen LogP contribution in [0.5, 0.6) is 0 Å². The summed E-state index contributed by atoms with van der Waals surface area (Å²) in [5, 5.41) is 2.41. The summed E-state index contributed by atoms with van der Waals surface area (Å²) in [6.45, 7) is 2.99. The number of rotatable bonds is 9. The molecule has 0 radical (unpaired) electrons. The summed E-state index contributed by atoms with van der Waals surface area (Å²) in [7, 11) is -4.28. The van der Waals surface area contributed by atoms with E-state index in [9.17, 15) is 14.3 Å². The highest BCUT2D eigenvalue weighted by Crippen LogP contribution is 2.42. The van der Waals surface area contributed by atoms with Crippen molar-refractivity contribution < 1.29 is 23.5 Å². The van der Waals surface area contributed by atoms with Gasteiger partial charge in [-0.05, 0) is 25.8 Å². The molecule has 4 rings (SSSR count). The number of ether oxygens (including phenoxy) is 1. The van der Waals surface area contributed by atoms with Crippen LogP contribution < -0.4 is 10.8 Å². The molecule has 0 saturated carbocycles. The lowest BCUT2D eigenvalue weighted by Crippen LogP contribution is -2.46. The number of nitrogens with zero attached hydrogens (tertiary/aromatic N) is 4. The van der Waals surface area contributed by atoms with E-state index in [1.54, 1.807) is 6.33 Å². The molecule has 0 amide bonds. The van der Waals surface area contributed by atoms with E-state index in [1.165, 1.54) is 20.2 Å². The van der Waals surface area contributed by atoms with Gasteiger partial charge >= 0.3 is 13.7 Å². The minimum absolute atomic E-state index is 0.00727. The molecule has 12 heteroatoms. The third-order valence-electron chi connectivity index (χ3n) is 5.50. The maximum absolute atomic E-state index is 12.6. The fourth-order valence-corrected chi connectivity index (χ4v) is 4.98. The van der Waals surface area contributed by atoms with E-state index >= 15 is 0 Å². The second-order valence-electron chi connectivity index (χ2n) is 8.65. The first-order valence-corrected chi connectivity index (χ1v) is 12.3. The summed E-state index contributed by atoms with van der Waals surface area (Å²) in [4.78, 5) is 35.2. The molecule has 1 aliphatic rings. The summed E-state index contributed by atoms with van der Waals surface area (Å²) in [6, 6.07) is 9.13. The van der Waals surface area contributed by atoms with Crippen LogP contribution in [0.4, 0.5) is 5.82 Å². The minimum Gasteiger partial charge on any atom is -0.459 e. The van der Waals surface area contributed by atoms with Gasteiger partial charge < -0.3 is 19.9 Å². The molecule has 180 valence electrons. The number of nitrogens with two attached hydrogens (primary N) is 1. The Labute approximate surface area is 196 Å². The third-order valence-corrected chi connectivity index (χ3v) is 6.84. The fourth-order valence-electron chi connectivity index (χ4n) is 3.73. The van der Waals surface area contributed by atoms with Crippen molar-refractivity contribution in [1.29, 1.82) is 0 Å². The Balaban J connectivity index is 1.29. The van der Waals surface area contributed by atoms with Crippen molar-refractivity contribution in [1.82, 2.24) is 24.6 Å². The van der Waals surface area contributed by atoms with Crippen LogP contribution in [0, 0.1) is 5.92 Å². The van der Waals surface area contributed by atoms with Crippen molar-refractivity contribution in [2.45, 2.75) is 38.5 Å². The van der Waals surface area contributed by atoms with Crippen LogP contribution in [-0.2, 0) is 25.2 Å². The standard InChI is InChI=1S/C22H27N6O5P/c1-22(2,21(29)32-11-15-6-4-3-5-7-15)27-34(30,31)33-12-16-8-9-17(10-16)28-14-26-18-19(23)24-13-25-20(18)28/h3-9,13-14,16-17H,10-12H2,1-2H3,(H2,23,24,25)(H2,27,30,31)/t16-,17+/m0/s1. The van der Waals surface area contributed by atoms with Gasteiger partial charge in [-0.25, -0.2) is 24.6 Å². The lowest BCUT2D eigenvalue weighted by Gasteiger charge is -2.27. The molecule has 0 bridgehead atoms. The van der Waals surface area contributed by atoms with Crippen molar-refractivity contribution >= 4 is 30.7 Å². The van der Waals surface area contributed by atoms with Gasteiger partial charge in [-0.3, -0.25) is 9.32 Å². The zero-order valence-corrected chi connectivity index (χ0v) is 19.8. The van der Waals surface area contributed by atoms with Gasteiger partial charge in [0.25, 0.3) is 0 Å². The van der Waals surface area contributed by atoms with Gasteiger partial charge in [-0.15, -0.1) is 0 Å². The zero-order valence-electron chi connectivity index (χ0n) is 18.9. The van der Waals surface area contributed by atoms with Gasteiger partial charge in [-0.1, -0.05) is 42.5 Å². The topological polar surface area (TPSA) is 154 Å². The molecule has 0 fully saturated rings. The Morgan fingerprint density at radius 2 is 2.03 bits per heavy atom. The molecule has 3 atom stereocenters. The van der Waals surface area contributed by atoms with Crippen LogP contribution in [0.3, 0.4) is 0 Å². The Kier molecular flexibility index (Phi) is 6.81. The first-order chi connectivity index (χ1) is 16.1. The van der Waals surface area contributed by atoms with Crippen LogP contribution in [-0.4, -0.2) is 42.5 Å². The van der Waals surface area contributed by atoms with Crippen LogP contribution >= 0.6 is 7.75 Å². The summed E-state index contributed by atoms with van der Waals surface area (Å²) in [6.07, 6.45) is 7.54. The monoisotopic (exact) mass is 486 g/mol. The van der Waals surface area contributed by atoms with Gasteiger partial charge in [0.2, 0.25) is 0 Å². The number of nitrogen functional groups attached to an aromatic ring is 1. The number of imidazole rings is 1. The fraction of sp³-hybridized carbons (Fsp3) is 0.364. The molecule has 11 nitrogen and oxygen atoms in total. The average Bonchev–Trinajstić information content (AvgIpc) is 3.44. The SMILES string of the molecule is CC(C)(NP(=O)(O)OC[C@H]1C=C[C@@H](n2cnc3c(N)ncnc32)C1)C(=O)OCc1ccccc1. The van der Waals surface area contributed by atoms with Crippen molar-refractivity contribution in [3.8, 4) is 0 Å². The van der Waals surface area contributed by atoms with Crippen molar-refractivity contribution in [2.75, 3.05) is 12.3 Å². The van der Waals surface area contributed by atoms with Crippen LogP contribution in [0.15, 0.2) is 55.1 Å². The molecule has 2 aromatic heterocycles. The molecular formula is C22H27N6O5P.